The molecule has 10 heteroatoms. The van der Waals surface area contributed by atoms with Gasteiger partial charge < -0.3 is 15.5 Å². The standard InChI is InChI=1S/C19H18BrF4N3O2/c1-27(2)16-6-3-11(19(22,23)24)9-15(16)26-17(28)7-8-25-18(29)13-10-12(21)4-5-14(13)20/h3-6,9-10H,7-8H2,1-2H3,(H,25,29)(H,26,28). The Labute approximate surface area is 173 Å². The highest BCUT2D eigenvalue weighted by Gasteiger charge is 2.31. The van der Waals surface area contributed by atoms with Crippen LogP contribution in [0.15, 0.2) is 40.9 Å². The van der Waals surface area contributed by atoms with Gasteiger partial charge in [0.1, 0.15) is 5.82 Å². The van der Waals surface area contributed by atoms with E-state index in [2.05, 4.69) is 26.6 Å². The number of carbonyl (C=O) groups excluding carboxylic acids is 2. The van der Waals surface area contributed by atoms with Crippen molar-refractivity contribution in [1.29, 1.82) is 0 Å². The van der Waals surface area contributed by atoms with Crippen molar-refractivity contribution >= 4 is 39.1 Å². The van der Waals surface area contributed by atoms with Crippen LogP contribution in [-0.2, 0) is 11.0 Å². The Kier molecular flexibility index (Phi) is 7.23. The first-order valence-corrected chi connectivity index (χ1v) is 9.20. The fraction of sp³-hybridized carbons (Fsp3) is 0.263. The minimum absolute atomic E-state index is 0.00836. The summed E-state index contributed by atoms with van der Waals surface area (Å²) in [5.41, 5.74) is -0.408. The number of carbonyl (C=O) groups is 2. The minimum atomic E-state index is -4.55. The summed E-state index contributed by atoms with van der Waals surface area (Å²) in [7, 11) is 3.27. The van der Waals surface area contributed by atoms with Crippen LogP contribution in [0.3, 0.4) is 0 Å². The Morgan fingerprint density at radius 2 is 1.79 bits per heavy atom. The lowest BCUT2D eigenvalue weighted by Gasteiger charge is -2.20. The lowest BCUT2D eigenvalue weighted by atomic mass is 10.1. The van der Waals surface area contributed by atoms with Crippen LogP contribution in [0.25, 0.3) is 0 Å². The second kappa shape index (κ2) is 9.25. The van der Waals surface area contributed by atoms with Crippen molar-refractivity contribution in [3.63, 3.8) is 0 Å². The number of nitrogens with one attached hydrogen (secondary N) is 2. The molecule has 0 saturated heterocycles. The summed E-state index contributed by atoms with van der Waals surface area (Å²) in [5.74, 6) is -1.75. The fourth-order valence-electron chi connectivity index (χ4n) is 2.47. The first-order valence-electron chi connectivity index (χ1n) is 8.40. The number of amides is 2. The molecule has 0 radical (unpaired) electrons. The molecule has 2 amide bonds. The average Bonchev–Trinajstić information content (AvgIpc) is 2.62. The molecule has 29 heavy (non-hydrogen) atoms. The molecule has 0 aliphatic carbocycles. The van der Waals surface area contributed by atoms with Gasteiger partial charge in [-0.3, -0.25) is 9.59 Å². The number of rotatable bonds is 6. The van der Waals surface area contributed by atoms with Gasteiger partial charge in [0.05, 0.1) is 22.5 Å². The first kappa shape index (κ1) is 22.7. The molecular formula is C19H18BrF4N3O2. The minimum Gasteiger partial charge on any atom is -0.376 e. The van der Waals surface area contributed by atoms with E-state index in [9.17, 15) is 27.2 Å². The van der Waals surface area contributed by atoms with E-state index in [0.29, 0.717) is 10.2 Å². The van der Waals surface area contributed by atoms with E-state index in [-0.39, 0.29) is 24.2 Å². The predicted molar refractivity (Wildman–Crippen MR) is 105 cm³/mol. The molecule has 0 aliphatic heterocycles. The van der Waals surface area contributed by atoms with E-state index < -0.39 is 29.4 Å². The molecule has 2 rings (SSSR count). The zero-order valence-corrected chi connectivity index (χ0v) is 17.1. The summed E-state index contributed by atoms with van der Waals surface area (Å²) < 4.78 is 52.5. The Balaban J connectivity index is 2.02. The van der Waals surface area contributed by atoms with Gasteiger partial charge in [0.2, 0.25) is 5.91 Å². The summed E-state index contributed by atoms with van der Waals surface area (Å²) in [6.45, 7) is -0.0795. The van der Waals surface area contributed by atoms with Gasteiger partial charge in [-0.25, -0.2) is 4.39 Å². The Hall–Kier alpha value is -2.62. The van der Waals surface area contributed by atoms with Crippen LogP contribution in [-0.4, -0.2) is 32.5 Å². The van der Waals surface area contributed by atoms with Gasteiger partial charge >= 0.3 is 6.18 Å². The molecule has 0 saturated carbocycles. The van der Waals surface area contributed by atoms with E-state index in [1.165, 1.54) is 18.2 Å². The van der Waals surface area contributed by atoms with Crippen LogP contribution in [0, 0.1) is 5.82 Å². The molecule has 5 nitrogen and oxygen atoms in total. The maximum atomic E-state index is 13.3. The van der Waals surface area contributed by atoms with Crippen molar-refractivity contribution in [2.75, 3.05) is 30.9 Å². The summed E-state index contributed by atoms with van der Waals surface area (Å²) in [5, 5.41) is 4.91. The van der Waals surface area contributed by atoms with Crippen molar-refractivity contribution in [2.45, 2.75) is 12.6 Å². The highest BCUT2D eigenvalue weighted by Crippen LogP contribution is 2.34. The predicted octanol–water partition coefficient (Wildman–Crippen LogP) is 4.43. The third-order valence-corrected chi connectivity index (χ3v) is 4.58. The first-order chi connectivity index (χ1) is 13.5. The van der Waals surface area contributed by atoms with E-state index in [1.54, 1.807) is 19.0 Å². The summed E-state index contributed by atoms with van der Waals surface area (Å²) in [6, 6.07) is 6.67. The lowest BCUT2D eigenvalue weighted by molar-refractivity contribution is -0.137. The monoisotopic (exact) mass is 475 g/mol. The second-order valence-corrected chi connectivity index (χ2v) is 7.16. The second-order valence-electron chi connectivity index (χ2n) is 6.30. The molecule has 0 atom stereocenters. The summed E-state index contributed by atoms with van der Waals surface area (Å²) in [6.07, 6.45) is -4.72. The van der Waals surface area contributed by atoms with Crippen LogP contribution in [0.1, 0.15) is 22.3 Å². The van der Waals surface area contributed by atoms with E-state index >= 15 is 0 Å². The van der Waals surface area contributed by atoms with Gasteiger partial charge in [0.15, 0.2) is 0 Å². The van der Waals surface area contributed by atoms with Crippen LogP contribution in [0.2, 0.25) is 0 Å². The largest absolute Gasteiger partial charge is 0.416 e. The maximum Gasteiger partial charge on any atom is 0.416 e. The Morgan fingerprint density at radius 3 is 2.41 bits per heavy atom. The van der Waals surface area contributed by atoms with E-state index in [0.717, 1.165) is 18.2 Å². The SMILES string of the molecule is CN(C)c1ccc(C(F)(F)F)cc1NC(=O)CCNC(=O)c1cc(F)ccc1Br. The number of halogens is 5. The highest BCUT2D eigenvalue weighted by atomic mass is 79.9. The maximum absolute atomic E-state index is 13.3. The van der Waals surface area contributed by atoms with Crippen LogP contribution in [0.4, 0.5) is 28.9 Å². The zero-order valence-electron chi connectivity index (χ0n) is 15.5. The smallest absolute Gasteiger partial charge is 0.376 e. The van der Waals surface area contributed by atoms with E-state index in [4.69, 9.17) is 0 Å². The molecule has 2 N–H and O–H groups in total. The molecule has 0 heterocycles. The molecule has 0 spiro atoms. The molecule has 2 aromatic rings. The molecular weight excluding hydrogens is 458 g/mol. The van der Waals surface area contributed by atoms with Crippen molar-refractivity contribution in [3.8, 4) is 0 Å². The quantitative estimate of drug-likeness (QED) is 0.607. The zero-order chi connectivity index (χ0) is 21.8. The summed E-state index contributed by atoms with van der Waals surface area (Å²) in [4.78, 5) is 25.8. The molecule has 0 aromatic heterocycles. The highest BCUT2D eigenvalue weighted by molar-refractivity contribution is 9.10. The van der Waals surface area contributed by atoms with Gasteiger partial charge in [0, 0.05) is 31.5 Å². The number of nitrogens with zero attached hydrogens (tertiary/aromatic N) is 1. The third-order valence-electron chi connectivity index (χ3n) is 3.89. The van der Waals surface area contributed by atoms with Crippen molar-refractivity contribution in [2.24, 2.45) is 0 Å². The number of benzene rings is 2. The molecule has 0 aliphatic rings. The molecule has 156 valence electrons. The molecule has 0 fully saturated rings. The van der Waals surface area contributed by atoms with Gasteiger partial charge in [-0.05, 0) is 52.3 Å². The number of alkyl halides is 3. The third kappa shape index (κ3) is 6.18. The van der Waals surface area contributed by atoms with Gasteiger partial charge in [-0.15, -0.1) is 0 Å². The van der Waals surface area contributed by atoms with Gasteiger partial charge in [-0.2, -0.15) is 13.2 Å². The number of hydrogen-bond acceptors (Lipinski definition) is 3. The van der Waals surface area contributed by atoms with Gasteiger partial charge in [-0.1, -0.05) is 0 Å². The van der Waals surface area contributed by atoms with Crippen molar-refractivity contribution < 1.29 is 27.2 Å². The lowest BCUT2D eigenvalue weighted by Crippen LogP contribution is -2.28. The van der Waals surface area contributed by atoms with Crippen molar-refractivity contribution in [3.05, 3.63) is 57.8 Å². The number of hydrogen-bond donors (Lipinski definition) is 2. The van der Waals surface area contributed by atoms with Crippen LogP contribution < -0.4 is 15.5 Å². The van der Waals surface area contributed by atoms with Gasteiger partial charge in [0.25, 0.3) is 5.91 Å². The fourth-order valence-corrected chi connectivity index (χ4v) is 2.90. The normalized spacial score (nSPS) is 11.1. The average molecular weight is 476 g/mol. The Morgan fingerprint density at radius 1 is 1.10 bits per heavy atom. The molecule has 0 unspecified atom stereocenters. The Bertz CT molecular complexity index is 917. The summed E-state index contributed by atoms with van der Waals surface area (Å²) >= 11 is 3.14. The van der Waals surface area contributed by atoms with Crippen LogP contribution >= 0.6 is 15.9 Å². The van der Waals surface area contributed by atoms with E-state index in [1.807, 2.05) is 0 Å². The van der Waals surface area contributed by atoms with Crippen LogP contribution in [0.5, 0.6) is 0 Å². The topological polar surface area (TPSA) is 61.4 Å². The molecule has 2 aromatic carbocycles. The van der Waals surface area contributed by atoms with Crippen molar-refractivity contribution in [1.82, 2.24) is 5.32 Å². The molecule has 0 bridgehead atoms. The number of anilines is 2.